The molecular formula is C9H10BrNO2S. The van der Waals surface area contributed by atoms with E-state index in [1.165, 1.54) is 6.92 Å². The van der Waals surface area contributed by atoms with Crippen molar-refractivity contribution in [3.05, 3.63) is 20.8 Å². The molecule has 1 aromatic heterocycles. The van der Waals surface area contributed by atoms with Gasteiger partial charge in [0.2, 0.25) is 5.91 Å². The smallest absolute Gasteiger partial charge is 0.227 e. The lowest BCUT2D eigenvalue weighted by Gasteiger charge is -2.00. The summed E-state index contributed by atoms with van der Waals surface area (Å²) in [6, 6.07) is 1.94. The fourth-order valence-corrected chi connectivity index (χ4v) is 2.31. The second-order valence-corrected chi connectivity index (χ2v) is 4.80. The van der Waals surface area contributed by atoms with Crippen LogP contribution >= 0.6 is 27.3 Å². The highest BCUT2D eigenvalue weighted by molar-refractivity contribution is 9.10. The van der Waals surface area contributed by atoms with Crippen LogP contribution in [0.25, 0.3) is 0 Å². The van der Waals surface area contributed by atoms with Gasteiger partial charge in [0.05, 0.1) is 13.0 Å². The van der Waals surface area contributed by atoms with E-state index in [4.69, 9.17) is 0 Å². The molecule has 1 rings (SSSR count). The van der Waals surface area contributed by atoms with Crippen molar-refractivity contribution in [3.63, 3.8) is 0 Å². The molecule has 0 bridgehead atoms. The summed E-state index contributed by atoms with van der Waals surface area (Å²) in [6.07, 6.45) is -0.0352. The van der Waals surface area contributed by atoms with Crippen LogP contribution in [-0.2, 0) is 16.1 Å². The molecule has 0 aliphatic carbocycles. The van der Waals surface area contributed by atoms with Gasteiger partial charge in [-0.15, -0.1) is 11.3 Å². The summed E-state index contributed by atoms with van der Waals surface area (Å²) < 4.78 is 1.01. The Bertz CT molecular complexity index is 348. The van der Waals surface area contributed by atoms with Crippen LogP contribution in [0.4, 0.5) is 0 Å². The second-order valence-electron chi connectivity index (χ2n) is 2.89. The number of Topliss-reactive ketones (excluding diaryl/α,β-unsaturated/α-hetero) is 1. The molecule has 0 aromatic carbocycles. The minimum Gasteiger partial charge on any atom is -0.351 e. The van der Waals surface area contributed by atoms with Crippen LogP contribution in [0, 0.1) is 0 Å². The summed E-state index contributed by atoms with van der Waals surface area (Å²) in [7, 11) is 0. The van der Waals surface area contributed by atoms with Crippen molar-refractivity contribution in [1.29, 1.82) is 0 Å². The highest BCUT2D eigenvalue weighted by Gasteiger charge is 2.05. The number of amides is 1. The molecule has 0 saturated heterocycles. The van der Waals surface area contributed by atoms with Gasteiger partial charge in [0.15, 0.2) is 0 Å². The van der Waals surface area contributed by atoms with E-state index in [2.05, 4.69) is 21.2 Å². The van der Waals surface area contributed by atoms with Gasteiger partial charge in [-0.05, 0) is 28.9 Å². The van der Waals surface area contributed by atoms with Crippen LogP contribution in [0.1, 0.15) is 18.2 Å². The number of carbonyl (C=O) groups excluding carboxylic acids is 2. The van der Waals surface area contributed by atoms with Crippen molar-refractivity contribution >= 4 is 39.0 Å². The number of thiophene rings is 1. The normalized spacial score (nSPS) is 9.86. The minimum absolute atomic E-state index is 0.0352. The molecule has 1 aromatic rings. The van der Waals surface area contributed by atoms with Gasteiger partial charge >= 0.3 is 0 Å². The molecular weight excluding hydrogens is 266 g/mol. The molecule has 0 spiro atoms. The number of nitrogens with one attached hydrogen (secondary N) is 1. The molecule has 1 N–H and O–H groups in total. The molecule has 0 radical (unpaired) electrons. The van der Waals surface area contributed by atoms with E-state index in [0.29, 0.717) is 6.54 Å². The Morgan fingerprint density at radius 1 is 1.57 bits per heavy atom. The zero-order valence-corrected chi connectivity index (χ0v) is 10.1. The SMILES string of the molecule is CC(=O)CC(=O)NCc1cc(Br)cs1. The first kappa shape index (κ1) is 11.4. The quantitative estimate of drug-likeness (QED) is 0.856. The summed E-state index contributed by atoms with van der Waals surface area (Å²) >= 11 is 4.89. The number of hydrogen-bond acceptors (Lipinski definition) is 3. The predicted octanol–water partition coefficient (Wildman–Crippen LogP) is 2.11. The summed E-state index contributed by atoms with van der Waals surface area (Å²) in [5.74, 6) is -0.336. The molecule has 0 unspecified atom stereocenters. The average molecular weight is 276 g/mol. The van der Waals surface area contributed by atoms with E-state index < -0.39 is 0 Å². The van der Waals surface area contributed by atoms with Gasteiger partial charge in [0, 0.05) is 14.7 Å². The molecule has 1 heterocycles. The maximum absolute atomic E-state index is 11.1. The van der Waals surface area contributed by atoms with Gasteiger partial charge in [0.25, 0.3) is 0 Å². The molecule has 14 heavy (non-hydrogen) atoms. The molecule has 1 amide bonds. The third-order valence-corrected chi connectivity index (χ3v) is 3.19. The van der Waals surface area contributed by atoms with Gasteiger partial charge in [-0.2, -0.15) is 0 Å². The van der Waals surface area contributed by atoms with Crippen LogP contribution in [-0.4, -0.2) is 11.7 Å². The molecule has 0 atom stereocenters. The number of ketones is 1. The Morgan fingerprint density at radius 2 is 2.29 bits per heavy atom. The maximum atomic E-state index is 11.1. The van der Waals surface area contributed by atoms with E-state index in [1.807, 2.05) is 11.4 Å². The third-order valence-electron chi connectivity index (χ3n) is 1.49. The van der Waals surface area contributed by atoms with Gasteiger partial charge < -0.3 is 5.32 Å². The zero-order valence-electron chi connectivity index (χ0n) is 7.67. The standard InChI is InChI=1S/C9H10BrNO2S/c1-6(12)2-9(13)11-4-8-3-7(10)5-14-8/h3,5H,2,4H2,1H3,(H,11,13). The van der Waals surface area contributed by atoms with Crippen LogP contribution in [0.2, 0.25) is 0 Å². The zero-order chi connectivity index (χ0) is 10.6. The first-order valence-electron chi connectivity index (χ1n) is 4.07. The maximum Gasteiger partial charge on any atom is 0.227 e. The number of hydrogen-bond donors (Lipinski definition) is 1. The fraction of sp³-hybridized carbons (Fsp3) is 0.333. The van der Waals surface area contributed by atoms with E-state index in [0.717, 1.165) is 9.35 Å². The van der Waals surface area contributed by atoms with Crippen molar-refractivity contribution in [2.24, 2.45) is 0 Å². The van der Waals surface area contributed by atoms with Crippen molar-refractivity contribution in [1.82, 2.24) is 5.32 Å². The molecule has 0 fully saturated rings. The molecule has 0 aliphatic rings. The summed E-state index contributed by atoms with van der Waals surface area (Å²) in [5, 5.41) is 4.62. The van der Waals surface area contributed by atoms with Crippen molar-refractivity contribution < 1.29 is 9.59 Å². The molecule has 0 saturated carbocycles. The molecule has 3 nitrogen and oxygen atoms in total. The van der Waals surface area contributed by atoms with Crippen LogP contribution in [0.5, 0.6) is 0 Å². The molecule has 0 aliphatic heterocycles. The monoisotopic (exact) mass is 275 g/mol. The summed E-state index contributed by atoms with van der Waals surface area (Å²) in [6.45, 7) is 1.89. The fourth-order valence-electron chi connectivity index (χ4n) is 0.921. The minimum atomic E-state index is -0.220. The predicted molar refractivity (Wildman–Crippen MR) is 59.2 cm³/mol. The largest absolute Gasteiger partial charge is 0.351 e. The highest BCUT2D eigenvalue weighted by atomic mass is 79.9. The van der Waals surface area contributed by atoms with E-state index in [9.17, 15) is 9.59 Å². The van der Waals surface area contributed by atoms with Crippen LogP contribution in [0.15, 0.2) is 15.9 Å². The second kappa shape index (κ2) is 5.26. The Hall–Kier alpha value is -0.680. The number of rotatable bonds is 4. The first-order chi connectivity index (χ1) is 6.58. The van der Waals surface area contributed by atoms with E-state index >= 15 is 0 Å². The Balaban J connectivity index is 2.34. The lowest BCUT2D eigenvalue weighted by Crippen LogP contribution is -2.23. The molecule has 76 valence electrons. The Labute approximate surface area is 94.6 Å². The highest BCUT2D eigenvalue weighted by Crippen LogP contribution is 2.19. The average Bonchev–Trinajstić information content (AvgIpc) is 2.47. The van der Waals surface area contributed by atoms with Crippen molar-refractivity contribution in [2.75, 3.05) is 0 Å². The Kier molecular flexibility index (Phi) is 4.28. The van der Waals surface area contributed by atoms with Crippen LogP contribution in [0.3, 0.4) is 0 Å². The third kappa shape index (κ3) is 4.02. The van der Waals surface area contributed by atoms with Crippen LogP contribution < -0.4 is 5.32 Å². The lowest BCUT2D eigenvalue weighted by atomic mass is 10.3. The van der Waals surface area contributed by atoms with Gasteiger partial charge in [-0.3, -0.25) is 9.59 Å². The Morgan fingerprint density at radius 3 is 2.79 bits per heavy atom. The van der Waals surface area contributed by atoms with Gasteiger partial charge in [-0.25, -0.2) is 0 Å². The van der Waals surface area contributed by atoms with Gasteiger partial charge in [-0.1, -0.05) is 0 Å². The lowest BCUT2D eigenvalue weighted by molar-refractivity contribution is -0.127. The number of carbonyl (C=O) groups is 2. The van der Waals surface area contributed by atoms with E-state index in [1.54, 1.807) is 11.3 Å². The van der Waals surface area contributed by atoms with E-state index in [-0.39, 0.29) is 18.1 Å². The summed E-state index contributed by atoms with van der Waals surface area (Å²) in [4.78, 5) is 22.8. The molecule has 5 heteroatoms. The van der Waals surface area contributed by atoms with Crippen molar-refractivity contribution in [3.8, 4) is 0 Å². The van der Waals surface area contributed by atoms with Crippen molar-refractivity contribution in [2.45, 2.75) is 19.9 Å². The topological polar surface area (TPSA) is 46.2 Å². The first-order valence-corrected chi connectivity index (χ1v) is 5.74. The number of halogens is 1. The summed E-state index contributed by atoms with van der Waals surface area (Å²) in [5.41, 5.74) is 0. The van der Waals surface area contributed by atoms with Gasteiger partial charge in [0.1, 0.15) is 5.78 Å².